The summed E-state index contributed by atoms with van der Waals surface area (Å²) in [7, 11) is 4.80. The SMILES string of the molecule is COc1ccc(OCCN(C)C(=O)[C@@H]2CC(=O)N[C@@H](CC(C)C)C(=O)N(C)CCOc3ccccc3C(=O)N2)cc1. The Labute approximate surface area is 241 Å². The summed E-state index contributed by atoms with van der Waals surface area (Å²) in [6, 6.07) is 11.7. The van der Waals surface area contributed by atoms with Gasteiger partial charge in [0.05, 0.1) is 32.2 Å². The third kappa shape index (κ3) is 9.12. The van der Waals surface area contributed by atoms with Crippen molar-refractivity contribution in [3.63, 3.8) is 0 Å². The number of fused-ring (bicyclic) bond motifs is 1. The molecule has 0 saturated heterocycles. The summed E-state index contributed by atoms with van der Waals surface area (Å²) in [4.78, 5) is 56.1. The van der Waals surface area contributed by atoms with Gasteiger partial charge in [-0.05, 0) is 48.7 Å². The van der Waals surface area contributed by atoms with Crippen LogP contribution in [-0.2, 0) is 14.4 Å². The number of ether oxygens (including phenoxy) is 3. The molecule has 41 heavy (non-hydrogen) atoms. The number of methoxy groups -OCH3 is 1. The van der Waals surface area contributed by atoms with E-state index in [0.29, 0.717) is 23.7 Å². The highest BCUT2D eigenvalue weighted by atomic mass is 16.5. The Morgan fingerprint density at radius 3 is 2.44 bits per heavy atom. The van der Waals surface area contributed by atoms with E-state index in [0.717, 1.165) is 0 Å². The second-order valence-corrected chi connectivity index (χ2v) is 10.4. The molecule has 0 bridgehead atoms. The molecule has 3 rings (SSSR count). The molecule has 0 unspecified atom stereocenters. The molecule has 11 nitrogen and oxygen atoms in total. The summed E-state index contributed by atoms with van der Waals surface area (Å²) in [5, 5.41) is 5.50. The van der Waals surface area contributed by atoms with Gasteiger partial charge in [-0.3, -0.25) is 19.2 Å². The Hall–Kier alpha value is -4.28. The zero-order valence-electron chi connectivity index (χ0n) is 24.3. The fraction of sp³-hybridized carbons (Fsp3) is 0.467. The van der Waals surface area contributed by atoms with Crippen LogP contribution in [-0.4, -0.2) is 93.0 Å². The standard InChI is InChI=1S/C30H40N4O7/c1-20(2)18-24-29(37)34(4)15-17-41-26-9-7-6-8-23(26)28(36)32-25(19-27(35)31-24)30(38)33(3)14-16-40-22-12-10-21(39-5)11-13-22/h6-13,20,24-25H,14-19H2,1-5H3,(H,31,35)(H,32,36)/t24-,25-/m0/s1. The van der Waals surface area contributed by atoms with E-state index in [1.54, 1.807) is 69.7 Å². The van der Waals surface area contributed by atoms with Crippen molar-refractivity contribution in [2.24, 2.45) is 5.92 Å². The summed E-state index contributed by atoms with van der Waals surface area (Å²) in [5.74, 6) is -0.0207. The predicted octanol–water partition coefficient (Wildman–Crippen LogP) is 2.10. The summed E-state index contributed by atoms with van der Waals surface area (Å²) in [6.45, 7) is 4.73. The molecule has 0 aromatic heterocycles. The molecule has 4 amide bonds. The van der Waals surface area contributed by atoms with Gasteiger partial charge < -0.3 is 34.6 Å². The van der Waals surface area contributed by atoms with E-state index in [-0.39, 0.29) is 50.1 Å². The largest absolute Gasteiger partial charge is 0.497 e. The third-order valence-corrected chi connectivity index (χ3v) is 6.66. The lowest BCUT2D eigenvalue weighted by molar-refractivity contribution is -0.137. The normalized spacial score (nSPS) is 18.4. The van der Waals surface area contributed by atoms with Gasteiger partial charge >= 0.3 is 0 Å². The fourth-order valence-corrected chi connectivity index (χ4v) is 4.37. The van der Waals surface area contributed by atoms with E-state index in [2.05, 4.69) is 10.6 Å². The number of hydrogen-bond donors (Lipinski definition) is 2. The molecule has 1 aliphatic heterocycles. The topological polar surface area (TPSA) is 127 Å². The summed E-state index contributed by atoms with van der Waals surface area (Å²) in [6.07, 6.45) is 0.0784. The number of hydrogen-bond acceptors (Lipinski definition) is 7. The Morgan fingerprint density at radius 1 is 1.07 bits per heavy atom. The number of amides is 4. The first-order valence-electron chi connectivity index (χ1n) is 13.7. The molecule has 2 aromatic carbocycles. The van der Waals surface area contributed by atoms with Crippen molar-refractivity contribution in [2.75, 3.05) is 47.5 Å². The van der Waals surface area contributed by atoms with Crippen LogP contribution >= 0.6 is 0 Å². The lowest BCUT2D eigenvalue weighted by Crippen LogP contribution is -2.53. The molecule has 0 aliphatic carbocycles. The molecule has 0 spiro atoms. The van der Waals surface area contributed by atoms with E-state index in [1.165, 1.54) is 9.80 Å². The average Bonchev–Trinajstić information content (AvgIpc) is 2.95. The van der Waals surface area contributed by atoms with Gasteiger partial charge in [-0.1, -0.05) is 26.0 Å². The van der Waals surface area contributed by atoms with Gasteiger partial charge in [-0.15, -0.1) is 0 Å². The number of benzene rings is 2. The van der Waals surface area contributed by atoms with E-state index in [4.69, 9.17) is 14.2 Å². The molecular formula is C30H40N4O7. The maximum absolute atomic E-state index is 13.5. The zero-order chi connectivity index (χ0) is 29.9. The first-order valence-corrected chi connectivity index (χ1v) is 13.7. The van der Waals surface area contributed by atoms with Crippen LogP contribution in [0, 0.1) is 5.92 Å². The average molecular weight is 569 g/mol. The lowest BCUT2D eigenvalue weighted by atomic mass is 10.0. The molecule has 2 aromatic rings. The number of likely N-dealkylation sites (N-methyl/N-ethyl adjacent to an activating group) is 2. The molecule has 1 aliphatic rings. The molecule has 1 heterocycles. The van der Waals surface area contributed by atoms with Crippen molar-refractivity contribution in [2.45, 2.75) is 38.8 Å². The molecule has 0 fully saturated rings. The fourth-order valence-electron chi connectivity index (χ4n) is 4.37. The smallest absolute Gasteiger partial charge is 0.255 e. The number of nitrogens with zero attached hydrogens (tertiary/aromatic N) is 2. The minimum Gasteiger partial charge on any atom is -0.497 e. The second kappa shape index (κ2) is 14.9. The van der Waals surface area contributed by atoms with Gasteiger partial charge in [-0.2, -0.15) is 0 Å². The molecule has 0 radical (unpaired) electrons. The van der Waals surface area contributed by atoms with Crippen LogP contribution in [0.1, 0.15) is 37.0 Å². The van der Waals surface area contributed by atoms with Crippen LogP contribution in [0.5, 0.6) is 17.2 Å². The summed E-state index contributed by atoms with van der Waals surface area (Å²) in [5.41, 5.74) is 0.222. The van der Waals surface area contributed by atoms with Crippen LogP contribution in [0.4, 0.5) is 0 Å². The van der Waals surface area contributed by atoms with Gasteiger partial charge in [0.15, 0.2) is 0 Å². The van der Waals surface area contributed by atoms with Crippen molar-refractivity contribution in [1.82, 2.24) is 20.4 Å². The molecule has 222 valence electrons. The Kier molecular flexibility index (Phi) is 11.4. The Bertz CT molecular complexity index is 1200. The van der Waals surface area contributed by atoms with Gasteiger partial charge in [0.25, 0.3) is 5.91 Å². The highest BCUT2D eigenvalue weighted by molar-refractivity contribution is 6.01. The maximum atomic E-state index is 13.5. The number of para-hydroxylation sites is 1. The van der Waals surface area contributed by atoms with Crippen molar-refractivity contribution in [3.05, 3.63) is 54.1 Å². The Balaban J connectivity index is 1.79. The predicted molar refractivity (Wildman–Crippen MR) is 153 cm³/mol. The van der Waals surface area contributed by atoms with Gasteiger partial charge in [-0.25, -0.2) is 0 Å². The van der Waals surface area contributed by atoms with E-state index < -0.39 is 29.8 Å². The van der Waals surface area contributed by atoms with Gasteiger partial charge in [0.1, 0.15) is 42.5 Å². The highest BCUT2D eigenvalue weighted by Gasteiger charge is 2.31. The van der Waals surface area contributed by atoms with Crippen molar-refractivity contribution < 1.29 is 33.4 Å². The maximum Gasteiger partial charge on any atom is 0.255 e. The van der Waals surface area contributed by atoms with Gasteiger partial charge in [0.2, 0.25) is 17.7 Å². The molecule has 11 heteroatoms. The van der Waals surface area contributed by atoms with Crippen molar-refractivity contribution in [1.29, 1.82) is 0 Å². The van der Waals surface area contributed by atoms with Crippen molar-refractivity contribution >= 4 is 23.6 Å². The summed E-state index contributed by atoms with van der Waals surface area (Å²) >= 11 is 0. The molecular weight excluding hydrogens is 528 g/mol. The molecule has 0 saturated carbocycles. The van der Waals surface area contributed by atoms with Crippen LogP contribution in [0.15, 0.2) is 48.5 Å². The number of rotatable bonds is 8. The second-order valence-electron chi connectivity index (χ2n) is 10.4. The monoisotopic (exact) mass is 568 g/mol. The van der Waals surface area contributed by atoms with Crippen LogP contribution in [0.3, 0.4) is 0 Å². The molecule has 2 N–H and O–H groups in total. The minimum absolute atomic E-state index is 0.133. The highest BCUT2D eigenvalue weighted by Crippen LogP contribution is 2.20. The van der Waals surface area contributed by atoms with Gasteiger partial charge in [0, 0.05) is 14.1 Å². The van der Waals surface area contributed by atoms with Crippen molar-refractivity contribution in [3.8, 4) is 17.2 Å². The minimum atomic E-state index is -1.18. The van der Waals surface area contributed by atoms with Crippen LogP contribution in [0.25, 0.3) is 0 Å². The van der Waals surface area contributed by atoms with E-state index in [9.17, 15) is 19.2 Å². The first-order chi connectivity index (χ1) is 19.6. The first kappa shape index (κ1) is 31.3. The van der Waals surface area contributed by atoms with Crippen LogP contribution < -0.4 is 24.8 Å². The number of carbonyl (C=O) groups excluding carboxylic acids is 4. The van der Waals surface area contributed by atoms with E-state index >= 15 is 0 Å². The van der Waals surface area contributed by atoms with Crippen LogP contribution in [0.2, 0.25) is 0 Å². The van der Waals surface area contributed by atoms with E-state index in [1.807, 2.05) is 13.8 Å². The Morgan fingerprint density at radius 2 is 1.76 bits per heavy atom. The number of nitrogens with one attached hydrogen (secondary N) is 2. The molecule has 2 atom stereocenters. The number of carbonyl (C=O) groups is 4. The zero-order valence-corrected chi connectivity index (χ0v) is 24.3. The third-order valence-electron chi connectivity index (χ3n) is 6.66. The quantitative estimate of drug-likeness (QED) is 0.500. The lowest BCUT2D eigenvalue weighted by Gasteiger charge is -2.28. The summed E-state index contributed by atoms with van der Waals surface area (Å²) < 4.78 is 16.7.